The zero-order valence-corrected chi connectivity index (χ0v) is 15.6. The summed E-state index contributed by atoms with van der Waals surface area (Å²) in [6.07, 6.45) is 3.68. The summed E-state index contributed by atoms with van der Waals surface area (Å²) in [7, 11) is 0. The van der Waals surface area contributed by atoms with Gasteiger partial charge >= 0.3 is 0 Å². The van der Waals surface area contributed by atoms with Crippen molar-refractivity contribution in [3.05, 3.63) is 75.1 Å². The highest BCUT2D eigenvalue weighted by molar-refractivity contribution is 9.10. The summed E-state index contributed by atoms with van der Waals surface area (Å²) < 4.78 is 2.92. The van der Waals surface area contributed by atoms with Crippen LogP contribution in [-0.4, -0.2) is 22.4 Å². The van der Waals surface area contributed by atoms with Gasteiger partial charge in [0.05, 0.1) is 24.1 Å². The molecule has 0 unspecified atom stereocenters. The van der Waals surface area contributed by atoms with Crippen LogP contribution in [0.5, 0.6) is 0 Å². The lowest BCUT2D eigenvalue weighted by atomic mass is 10.2. The number of H-pyrrole nitrogens is 1. The van der Waals surface area contributed by atoms with Gasteiger partial charge in [-0.05, 0) is 31.2 Å². The highest BCUT2D eigenvalue weighted by Crippen LogP contribution is 2.22. The number of benzene rings is 1. The Morgan fingerprint density at radius 2 is 2.12 bits per heavy atom. The number of halogens is 1. The number of nitrogens with one attached hydrogen (secondary N) is 1. The summed E-state index contributed by atoms with van der Waals surface area (Å²) in [4.78, 5) is 8.59. The molecule has 122 valence electrons. The number of hydrogen-bond acceptors (Lipinski definition) is 3. The molecule has 2 heterocycles. The molecule has 0 aliphatic rings. The Balaban J connectivity index is 2.06. The number of aromatic amines is 1. The Labute approximate surface area is 153 Å². The van der Waals surface area contributed by atoms with E-state index in [0.29, 0.717) is 6.54 Å². The lowest BCUT2D eigenvalue weighted by molar-refractivity contribution is 0.835. The Morgan fingerprint density at radius 3 is 2.79 bits per heavy atom. The third-order valence-corrected chi connectivity index (χ3v) is 4.63. The minimum atomic E-state index is 0.596. The van der Waals surface area contributed by atoms with Crippen LogP contribution in [0.15, 0.2) is 74.7 Å². The molecular weight excluding hydrogens is 384 g/mol. The third-order valence-electron chi connectivity index (χ3n) is 3.24. The molecule has 3 aromatic rings. The second-order valence-electron chi connectivity index (χ2n) is 5.37. The maximum atomic E-state index is 4.62. The number of thiazole rings is 1. The summed E-state index contributed by atoms with van der Waals surface area (Å²) in [5.74, 6) is 0. The number of rotatable bonds is 5. The van der Waals surface area contributed by atoms with Crippen molar-refractivity contribution in [2.45, 2.75) is 6.92 Å². The van der Waals surface area contributed by atoms with E-state index in [-0.39, 0.29) is 0 Å². The van der Waals surface area contributed by atoms with Crippen molar-refractivity contribution in [3.63, 3.8) is 0 Å². The molecular formula is C18H17BrN4S. The summed E-state index contributed by atoms with van der Waals surface area (Å²) in [5.41, 5.74) is 4.07. The molecule has 6 heteroatoms. The van der Waals surface area contributed by atoms with Crippen molar-refractivity contribution in [1.29, 1.82) is 0 Å². The van der Waals surface area contributed by atoms with Crippen molar-refractivity contribution in [2.75, 3.05) is 6.54 Å². The fraction of sp³-hybridized carbons (Fsp3) is 0.111. The van der Waals surface area contributed by atoms with Gasteiger partial charge in [0.1, 0.15) is 0 Å². The molecule has 3 rings (SSSR count). The van der Waals surface area contributed by atoms with Crippen LogP contribution in [0.3, 0.4) is 0 Å². The van der Waals surface area contributed by atoms with Crippen LogP contribution in [0.1, 0.15) is 12.6 Å². The molecule has 0 fully saturated rings. The molecule has 0 aliphatic heterocycles. The fourth-order valence-electron chi connectivity index (χ4n) is 2.09. The molecule has 2 aromatic heterocycles. The average molecular weight is 401 g/mol. The minimum Gasteiger partial charge on any atom is -0.360 e. The van der Waals surface area contributed by atoms with Gasteiger partial charge in [0.2, 0.25) is 4.80 Å². The molecule has 0 atom stereocenters. The van der Waals surface area contributed by atoms with E-state index in [0.717, 1.165) is 31.8 Å². The summed E-state index contributed by atoms with van der Waals surface area (Å²) in [6.45, 7) is 6.48. The molecule has 1 aromatic carbocycles. The van der Waals surface area contributed by atoms with Gasteiger partial charge in [-0.15, -0.1) is 11.3 Å². The van der Waals surface area contributed by atoms with Gasteiger partial charge < -0.3 is 4.98 Å². The standard InChI is InChI=1S/C18H17BrN4S/c1-13(2)10-21-18-23(22-11-16-4-3-9-20-16)17(12-24-18)14-5-7-15(19)8-6-14/h3-9,11-12,20H,1,10H2,2H3. The van der Waals surface area contributed by atoms with Crippen LogP contribution in [0.4, 0.5) is 0 Å². The molecule has 0 bridgehead atoms. The molecule has 0 amide bonds. The second kappa shape index (κ2) is 7.59. The zero-order chi connectivity index (χ0) is 16.9. The lowest BCUT2D eigenvalue weighted by Gasteiger charge is -2.03. The molecule has 1 N–H and O–H groups in total. The SMILES string of the molecule is C=C(C)CN=c1scc(-c2ccc(Br)cc2)n1N=Cc1ccc[nH]1. The highest BCUT2D eigenvalue weighted by atomic mass is 79.9. The van der Waals surface area contributed by atoms with E-state index in [9.17, 15) is 0 Å². The topological polar surface area (TPSA) is 45.4 Å². The Hall–Kier alpha value is -2.18. The molecule has 4 nitrogen and oxygen atoms in total. The number of hydrogen-bond donors (Lipinski definition) is 1. The molecule has 0 spiro atoms. The van der Waals surface area contributed by atoms with E-state index >= 15 is 0 Å². The second-order valence-corrected chi connectivity index (χ2v) is 7.12. The first-order chi connectivity index (χ1) is 11.6. The van der Waals surface area contributed by atoms with Gasteiger partial charge in [-0.3, -0.25) is 4.99 Å². The van der Waals surface area contributed by atoms with E-state index in [1.165, 1.54) is 0 Å². The van der Waals surface area contributed by atoms with E-state index in [1.54, 1.807) is 17.6 Å². The van der Waals surface area contributed by atoms with Crippen molar-refractivity contribution < 1.29 is 0 Å². The Bertz CT molecular complexity index is 915. The first kappa shape index (κ1) is 16.7. The van der Waals surface area contributed by atoms with Crippen molar-refractivity contribution >= 4 is 33.5 Å². The molecule has 0 saturated heterocycles. The summed E-state index contributed by atoms with van der Waals surface area (Å²) >= 11 is 5.05. The number of aromatic nitrogens is 2. The van der Waals surface area contributed by atoms with E-state index < -0.39 is 0 Å². The van der Waals surface area contributed by atoms with Crippen LogP contribution in [0, 0.1) is 0 Å². The van der Waals surface area contributed by atoms with Gasteiger partial charge in [0.25, 0.3) is 0 Å². The van der Waals surface area contributed by atoms with Gasteiger partial charge in [-0.1, -0.05) is 40.2 Å². The molecule has 0 aliphatic carbocycles. The zero-order valence-electron chi connectivity index (χ0n) is 13.2. The van der Waals surface area contributed by atoms with Crippen LogP contribution in [0.2, 0.25) is 0 Å². The van der Waals surface area contributed by atoms with Gasteiger partial charge in [-0.2, -0.15) is 5.10 Å². The van der Waals surface area contributed by atoms with Crippen molar-refractivity contribution in [1.82, 2.24) is 9.66 Å². The number of nitrogens with zero attached hydrogens (tertiary/aromatic N) is 3. The van der Waals surface area contributed by atoms with Crippen LogP contribution < -0.4 is 4.80 Å². The minimum absolute atomic E-state index is 0.596. The molecule has 0 radical (unpaired) electrons. The summed E-state index contributed by atoms with van der Waals surface area (Å²) in [6, 6.07) is 12.1. The smallest absolute Gasteiger partial charge is 0.206 e. The van der Waals surface area contributed by atoms with Crippen molar-refractivity contribution in [3.8, 4) is 11.3 Å². The Kier molecular flexibility index (Phi) is 5.27. The van der Waals surface area contributed by atoms with Gasteiger partial charge in [0.15, 0.2) is 0 Å². The molecule has 0 saturated carbocycles. The van der Waals surface area contributed by atoms with E-state index in [4.69, 9.17) is 0 Å². The van der Waals surface area contributed by atoms with Crippen molar-refractivity contribution in [2.24, 2.45) is 10.1 Å². The first-order valence-electron chi connectivity index (χ1n) is 7.42. The average Bonchev–Trinajstić information content (AvgIpc) is 3.21. The Morgan fingerprint density at radius 1 is 1.33 bits per heavy atom. The molecule has 24 heavy (non-hydrogen) atoms. The largest absolute Gasteiger partial charge is 0.360 e. The predicted molar refractivity (Wildman–Crippen MR) is 104 cm³/mol. The normalized spacial score (nSPS) is 12.2. The maximum Gasteiger partial charge on any atom is 0.206 e. The van der Waals surface area contributed by atoms with Crippen LogP contribution in [-0.2, 0) is 0 Å². The predicted octanol–water partition coefficient (Wildman–Crippen LogP) is 4.67. The fourth-order valence-corrected chi connectivity index (χ4v) is 3.19. The lowest BCUT2D eigenvalue weighted by Crippen LogP contribution is -2.13. The quantitative estimate of drug-likeness (QED) is 0.477. The van der Waals surface area contributed by atoms with E-state index in [1.807, 2.05) is 42.1 Å². The maximum absolute atomic E-state index is 4.62. The van der Waals surface area contributed by atoms with Crippen LogP contribution in [0.25, 0.3) is 11.3 Å². The first-order valence-corrected chi connectivity index (χ1v) is 9.10. The van der Waals surface area contributed by atoms with Crippen LogP contribution >= 0.6 is 27.3 Å². The highest BCUT2D eigenvalue weighted by Gasteiger charge is 2.07. The monoisotopic (exact) mass is 400 g/mol. The summed E-state index contributed by atoms with van der Waals surface area (Å²) in [5, 5.41) is 6.70. The third kappa shape index (κ3) is 4.01. The van der Waals surface area contributed by atoms with E-state index in [2.05, 4.69) is 55.1 Å². The van der Waals surface area contributed by atoms with Gasteiger partial charge in [-0.25, -0.2) is 4.68 Å². The van der Waals surface area contributed by atoms with Gasteiger partial charge in [0, 0.05) is 21.6 Å².